The van der Waals surface area contributed by atoms with Crippen LogP contribution in [0.3, 0.4) is 0 Å². The maximum atomic E-state index is 6.38. The summed E-state index contributed by atoms with van der Waals surface area (Å²) in [4.78, 5) is 11.9. The zero-order valence-electron chi connectivity index (χ0n) is 17.3. The minimum atomic E-state index is 0.600. The van der Waals surface area contributed by atoms with Crippen LogP contribution in [-0.4, -0.2) is 24.7 Å². The first-order chi connectivity index (χ1) is 14.5. The fourth-order valence-corrected chi connectivity index (χ4v) is 6.37. The fourth-order valence-electron chi connectivity index (χ4n) is 4.11. The predicted molar refractivity (Wildman–Crippen MR) is 123 cm³/mol. The van der Waals surface area contributed by atoms with Crippen molar-refractivity contribution in [2.45, 2.75) is 50.9 Å². The summed E-state index contributed by atoms with van der Waals surface area (Å²) in [6.45, 7) is 6.37. The van der Waals surface area contributed by atoms with Gasteiger partial charge in [-0.1, -0.05) is 30.8 Å². The van der Waals surface area contributed by atoms with E-state index < -0.39 is 0 Å². The molecule has 4 aromatic rings. The molecule has 5 rings (SSSR count). The fraction of sp³-hybridized carbons (Fsp3) is 0.364. The highest BCUT2D eigenvalue weighted by Crippen LogP contribution is 2.39. The van der Waals surface area contributed by atoms with E-state index in [-0.39, 0.29) is 0 Å². The molecule has 3 aromatic heterocycles. The number of hydrogen-bond donors (Lipinski definition) is 1. The average Bonchev–Trinajstić information content (AvgIpc) is 3.26. The van der Waals surface area contributed by atoms with Gasteiger partial charge in [-0.05, 0) is 62.3 Å². The first-order valence-electron chi connectivity index (χ1n) is 10.2. The number of thioether (sulfide) groups is 1. The van der Waals surface area contributed by atoms with Gasteiger partial charge >= 0.3 is 0 Å². The number of nitrogens with zero attached hydrogens (tertiary/aromatic N) is 5. The van der Waals surface area contributed by atoms with Crippen molar-refractivity contribution in [3.63, 3.8) is 0 Å². The van der Waals surface area contributed by atoms with Crippen molar-refractivity contribution in [2.24, 2.45) is 5.92 Å². The minimum Gasteiger partial charge on any atom is -0.383 e. The highest BCUT2D eigenvalue weighted by Gasteiger charge is 2.23. The van der Waals surface area contributed by atoms with Crippen molar-refractivity contribution in [2.75, 3.05) is 5.73 Å². The molecule has 0 saturated carbocycles. The third kappa shape index (κ3) is 3.48. The Kier molecular flexibility index (Phi) is 4.99. The maximum Gasteiger partial charge on any atom is 0.196 e. The number of anilines is 1. The topological polar surface area (TPSA) is 82.5 Å². The van der Waals surface area contributed by atoms with Crippen LogP contribution < -0.4 is 5.73 Å². The highest BCUT2D eigenvalue weighted by atomic mass is 32.2. The van der Waals surface area contributed by atoms with Gasteiger partial charge in [0.05, 0.1) is 11.1 Å². The van der Waals surface area contributed by atoms with Crippen LogP contribution in [0, 0.1) is 19.8 Å². The third-order valence-corrected chi connectivity index (χ3v) is 7.69. The van der Waals surface area contributed by atoms with Gasteiger partial charge in [-0.3, -0.25) is 4.57 Å². The standard InChI is InChI=1S/C22H24N6S2/c1-12-5-4-6-15(9-12)28-14(3)26-27-22(28)29-11-18-24-20(23)19-16-8-7-13(2)10-17(16)30-21(19)25-18/h4-6,9,13H,7-8,10-11H2,1-3H3,(H2,23,24,25). The second kappa shape index (κ2) is 7.67. The second-order valence-electron chi connectivity index (χ2n) is 8.05. The van der Waals surface area contributed by atoms with E-state index in [1.165, 1.54) is 22.4 Å². The Labute approximate surface area is 184 Å². The number of aromatic nitrogens is 5. The molecule has 0 radical (unpaired) electrons. The summed E-state index contributed by atoms with van der Waals surface area (Å²) in [6, 6.07) is 8.35. The molecule has 0 spiro atoms. The number of rotatable bonds is 4. The Morgan fingerprint density at radius 2 is 2.10 bits per heavy atom. The van der Waals surface area contributed by atoms with E-state index in [0.717, 1.165) is 51.5 Å². The summed E-state index contributed by atoms with van der Waals surface area (Å²) in [5.74, 6) is 3.54. The Morgan fingerprint density at radius 1 is 1.23 bits per heavy atom. The lowest BCUT2D eigenvalue weighted by Crippen LogP contribution is -2.09. The van der Waals surface area contributed by atoms with Gasteiger partial charge in [-0.15, -0.1) is 21.5 Å². The Bertz CT molecular complexity index is 1240. The predicted octanol–water partition coefficient (Wildman–Crippen LogP) is 4.89. The Balaban J connectivity index is 1.44. The van der Waals surface area contributed by atoms with Crippen LogP contribution in [0.25, 0.3) is 15.9 Å². The quantitative estimate of drug-likeness (QED) is 0.459. The molecule has 1 unspecified atom stereocenters. The van der Waals surface area contributed by atoms with Crippen molar-refractivity contribution in [3.8, 4) is 5.69 Å². The number of nitrogen functional groups attached to an aromatic ring is 1. The smallest absolute Gasteiger partial charge is 0.196 e. The van der Waals surface area contributed by atoms with E-state index in [0.29, 0.717) is 11.6 Å². The summed E-state index contributed by atoms with van der Waals surface area (Å²) in [5.41, 5.74) is 10.0. The van der Waals surface area contributed by atoms with Crippen LogP contribution in [0.2, 0.25) is 0 Å². The zero-order chi connectivity index (χ0) is 20.8. The number of hydrogen-bond acceptors (Lipinski definition) is 7. The molecule has 3 heterocycles. The van der Waals surface area contributed by atoms with Crippen molar-refractivity contribution in [1.82, 2.24) is 24.7 Å². The zero-order valence-corrected chi connectivity index (χ0v) is 19.0. The SMILES string of the molecule is Cc1cccc(-n2c(C)nnc2SCc2nc(N)c3c4c(sc3n2)CC(C)CC4)c1. The van der Waals surface area contributed by atoms with E-state index in [1.54, 1.807) is 23.1 Å². The van der Waals surface area contributed by atoms with Gasteiger partial charge in [-0.2, -0.15) is 0 Å². The largest absolute Gasteiger partial charge is 0.383 e. The monoisotopic (exact) mass is 436 g/mol. The molecule has 0 fully saturated rings. The number of fused-ring (bicyclic) bond motifs is 3. The van der Waals surface area contributed by atoms with Crippen molar-refractivity contribution >= 4 is 39.1 Å². The van der Waals surface area contributed by atoms with Crippen molar-refractivity contribution in [1.29, 1.82) is 0 Å². The summed E-state index contributed by atoms with van der Waals surface area (Å²) in [5, 5.41) is 10.6. The molecule has 1 aromatic carbocycles. The van der Waals surface area contributed by atoms with E-state index in [4.69, 9.17) is 10.7 Å². The minimum absolute atomic E-state index is 0.600. The molecule has 154 valence electrons. The number of thiophene rings is 1. The highest BCUT2D eigenvalue weighted by molar-refractivity contribution is 7.98. The molecule has 0 amide bonds. The number of nitrogens with two attached hydrogens (primary N) is 1. The van der Waals surface area contributed by atoms with Gasteiger partial charge in [0, 0.05) is 10.6 Å². The molecule has 1 aliphatic rings. The lowest BCUT2D eigenvalue weighted by molar-refractivity contribution is 0.509. The van der Waals surface area contributed by atoms with E-state index in [1.807, 2.05) is 6.92 Å². The average molecular weight is 437 g/mol. The van der Waals surface area contributed by atoms with Gasteiger partial charge in [0.1, 0.15) is 22.3 Å². The van der Waals surface area contributed by atoms with E-state index >= 15 is 0 Å². The maximum absolute atomic E-state index is 6.38. The molecule has 6 nitrogen and oxygen atoms in total. The summed E-state index contributed by atoms with van der Waals surface area (Å²) >= 11 is 3.37. The van der Waals surface area contributed by atoms with Crippen LogP contribution >= 0.6 is 23.1 Å². The molecule has 30 heavy (non-hydrogen) atoms. The summed E-state index contributed by atoms with van der Waals surface area (Å²) in [6.07, 6.45) is 3.42. The van der Waals surface area contributed by atoms with Crippen LogP contribution in [-0.2, 0) is 18.6 Å². The Morgan fingerprint density at radius 3 is 2.93 bits per heavy atom. The molecule has 2 N–H and O–H groups in total. The van der Waals surface area contributed by atoms with Gasteiger partial charge in [0.2, 0.25) is 0 Å². The van der Waals surface area contributed by atoms with E-state index in [9.17, 15) is 0 Å². The van der Waals surface area contributed by atoms with Crippen LogP contribution in [0.4, 0.5) is 5.82 Å². The number of aryl methyl sites for hydroxylation is 3. The van der Waals surface area contributed by atoms with Gasteiger partial charge < -0.3 is 5.73 Å². The van der Waals surface area contributed by atoms with Crippen LogP contribution in [0.1, 0.15) is 41.0 Å². The van der Waals surface area contributed by atoms with Crippen LogP contribution in [0.15, 0.2) is 29.4 Å². The molecule has 0 bridgehead atoms. The van der Waals surface area contributed by atoms with Gasteiger partial charge in [0.25, 0.3) is 0 Å². The van der Waals surface area contributed by atoms with E-state index in [2.05, 4.69) is 57.9 Å². The van der Waals surface area contributed by atoms with Gasteiger partial charge in [0.15, 0.2) is 5.16 Å². The first kappa shape index (κ1) is 19.5. The second-order valence-corrected chi connectivity index (χ2v) is 10.1. The van der Waals surface area contributed by atoms with Crippen molar-refractivity contribution in [3.05, 3.63) is 51.9 Å². The van der Waals surface area contributed by atoms with Crippen molar-refractivity contribution < 1.29 is 0 Å². The normalized spacial score (nSPS) is 16.2. The molecular weight excluding hydrogens is 412 g/mol. The molecule has 1 atom stereocenters. The molecule has 0 saturated heterocycles. The molecule has 0 aliphatic heterocycles. The lowest BCUT2D eigenvalue weighted by Gasteiger charge is -2.17. The lowest BCUT2D eigenvalue weighted by atomic mass is 9.89. The third-order valence-electron chi connectivity index (χ3n) is 5.61. The van der Waals surface area contributed by atoms with Gasteiger partial charge in [-0.25, -0.2) is 9.97 Å². The summed E-state index contributed by atoms with van der Waals surface area (Å²) < 4.78 is 2.07. The summed E-state index contributed by atoms with van der Waals surface area (Å²) in [7, 11) is 0. The first-order valence-corrected chi connectivity index (χ1v) is 12.0. The van der Waals surface area contributed by atoms with Crippen LogP contribution in [0.5, 0.6) is 0 Å². The molecule has 1 aliphatic carbocycles. The molecule has 8 heteroatoms. The number of benzene rings is 1. The molecular formula is C22H24N6S2. The Hall–Kier alpha value is -2.45.